The van der Waals surface area contributed by atoms with Crippen molar-refractivity contribution < 1.29 is 27.4 Å². The minimum absolute atomic E-state index is 0.0729. The number of carbonyl (C=O) groups is 1. The molecule has 0 aliphatic carbocycles. The zero-order valence-electron chi connectivity index (χ0n) is 14.0. The van der Waals surface area contributed by atoms with Gasteiger partial charge in [-0.05, 0) is 35.9 Å². The van der Waals surface area contributed by atoms with E-state index in [1.807, 2.05) is 0 Å². The Kier molecular flexibility index (Phi) is 5.36. The molecule has 0 unspecified atom stereocenters. The second-order valence-corrected chi connectivity index (χ2v) is 5.51. The van der Waals surface area contributed by atoms with Gasteiger partial charge < -0.3 is 14.8 Å². The third-order valence-electron chi connectivity index (χ3n) is 3.63. The van der Waals surface area contributed by atoms with E-state index >= 15 is 0 Å². The van der Waals surface area contributed by atoms with Gasteiger partial charge in [-0.3, -0.25) is 4.79 Å². The second-order valence-electron chi connectivity index (χ2n) is 5.51. The molecular formula is C20H14F3NO3. The van der Waals surface area contributed by atoms with Crippen LogP contribution in [0.2, 0.25) is 0 Å². The largest absolute Gasteiger partial charge is 0.454 e. The van der Waals surface area contributed by atoms with Crippen molar-refractivity contribution in [1.29, 1.82) is 0 Å². The third kappa shape index (κ3) is 4.82. The predicted octanol–water partition coefficient (Wildman–Crippen LogP) is 3.62. The molecule has 1 aliphatic heterocycles. The summed E-state index contributed by atoms with van der Waals surface area (Å²) >= 11 is 0. The Hall–Kier alpha value is -3.40. The summed E-state index contributed by atoms with van der Waals surface area (Å²) in [6.07, 6.45) is -1.57. The van der Waals surface area contributed by atoms with Crippen LogP contribution in [0, 0.1) is 11.8 Å². The number of alkyl halides is 3. The van der Waals surface area contributed by atoms with Gasteiger partial charge in [0.05, 0.1) is 12.1 Å². The molecule has 3 rings (SSSR count). The number of fused-ring (bicyclic) bond motifs is 1. The number of nitrogens with one attached hydrogen (secondary N) is 1. The lowest BCUT2D eigenvalue weighted by molar-refractivity contribution is -0.137. The highest BCUT2D eigenvalue weighted by Crippen LogP contribution is 2.33. The number of benzene rings is 2. The molecule has 4 nitrogen and oxygen atoms in total. The molecule has 0 saturated carbocycles. The molecule has 2 aromatic carbocycles. The number of hydrogen-bond donors (Lipinski definition) is 1. The number of rotatable bonds is 3. The summed E-state index contributed by atoms with van der Waals surface area (Å²) in [5.74, 6) is 5.80. The normalized spacial score (nSPS) is 12.6. The van der Waals surface area contributed by atoms with E-state index in [1.54, 1.807) is 24.3 Å². The van der Waals surface area contributed by atoms with Crippen LogP contribution in [0.4, 0.5) is 13.2 Å². The lowest BCUT2D eigenvalue weighted by atomic mass is 10.1. The Balaban J connectivity index is 1.56. The van der Waals surface area contributed by atoms with Gasteiger partial charge in [0.1, 0.15) is 0 Å². The van der Waals surface area contributed by atoms with Gasteiger partial charge >= 0.3 is 6.18 Å². The van der Waals surface area contributed by atoms with E-state index in [1.165, 1.54) is 24.3 Å². The van der Waals surface area contributed by atoms with Crippen molar-refractivity contribution in [1.82, 2.24) is 5.32 Å². The molecule has 1 N–H and O–H groups in total. The van der Waals surface area contributed by atoms with Crippen LogP contribution in [0.15, 0.2) is 48.5 Å². The Bertz CT molecular complexity index is 939. The van der Waals surface area contributed by atoms with Crippen molar-refractivity contribution in [3.05, 3.63) is 65.2 Å². The highest BCUT2D eigenvalue weighted by Gasteiger charge is 2.32. The highest BCUT2D eigenvalue weighted by atomic mass is 19.4. The number of halogens is 3. The lowest BCUT2D eigenvalue weighted by Gasteiger charge is -2.08. The molecule has 1 amide bonds. The van der Waals surface area contributed by atoms with Crippen LogP contribution in [0.1, 0.15) is 16.7 Å². The highest BCUT2D eigenvalue weighted by molar-refractivity contribution is 5.91. The monoisotopic (exact) mass is 373 g/mol. The summed E-state index contributed by atoms with van der Waals surface area (Å²) in [4.78, 5) is 11.8. The quantitative estimate of drug-likeness (QED) is 0.661. The van der Waals surface area contributed by atoms with E-state index < -0.39 is 17.6 Å². The number of ether oxygens (including phenoxy) is 2. The molecule has 7 heteroatoms. The van der Waals surface area contributed by atoms with Crippen LogP contribution in [0.25, 0.3) is 6.08 Å². The smallest absolute Gasteiger partial charge is 0.417 e. The van der Waals surface area contributed by atoms with E-state index in [2.05, 4.69) is 17.2 Å². The van der Waals surface area contributed by atoms with Crippen molar-refractivity contribution in [3.63, 3.8) is 0 Å². The molecule has 1 aliphatic rings. The van der Waals surface area contributed by atoms with E-state index in [-0.39, 0.29) is 18.9 Å². The van der Waals surface area contributed by atoms with Crippen LogP contribution < -0.4 is 14.8 Å². The van der Waals surface area contributed by atoms with E-state index in [0.717, 1.165) is 11.6 Å². The zero-order chi connectivity index (χ0) is 19.3. The minimum atomic E-state index is -4.47. The maximum atomic E-state index is 12.9. The fourth-order valence-electron chi connectivity index (χ4n) is 2.36. The average Bonchev–Trinajstić information content (AvgIpc) is 3.11. The second kappa shape index (κ2) is 7.87. The summed E-state index contributed by atoms with van der Waals surface area (Å²) in [6, 6.07) is 10.3. The van der Waals surface area contributed by atoms with Crippen LogP contribution in [0.5, 0.6) is 11.5 Å². The first kappa shape index (κ1) is 18.4. The molecule has 0 atom stereocenters. The van der Waals surface area contributed by atoms with Gasteiger partial charge in [-0.1, -0.05) is 30.0 Å². The van der Waals surface area contributed by atoms with Crippen LogP contribution in [-0.4, -0.2) is 19.2 Å². The standard InChI is InChI=1S/C20H14F3NO3/c21-20(22,23)16-6-2-1-4-15(16)5-3-11-24-19(25)10-8-14-7-9-17-18(12-14)27-13-26-17/h1-2,4,6-10,12H,11,13H2,(H,24,25)/b10-8+. The molecule has 138 valence electrons. The van der Waals surface area contributed by atoms with Crippen molar-refractivity contribution in [3.8, 4) is 23.3 Å². The first-order valence-corrected chi connectivity index (χ1v) is 7.94. The van der Waals surface area contributed by atoms with Crippen molar-refractivity contribution in [2.45, 2.75) is 6.18 Å². The van der Waals surface area contributed by atoms with Gasteiger partial charge in [0.2, 0.25) is 12.7 Å². The Labute approximate surface area is 153 Å². The van der Waals surface area contributed by atoms with E-state index in [4.69, 9.17) is 9.47 Å². The first-order chi connectivity index (χ1) is 12.9. The Morgan fingerprint density at radius 3 is 2.74 bits per heavy atom. The Morgan fingerprint density at radius 2 is 1.93 bits per heavy atom. The molecule has 0 aromatic heterocycles. The Morgan fingerprint density at radius 1 is 1.15 bits per heavy atom. The fraction of sp³-hybridized carbons (Fsp3) is 0.150. The molecule has 27 heavy (non-hydrogen) atoms. The van der Waals surface area contributed by atoms with E-state index in [9.17, 15) is 18.0 Å². The molecule has 2 aromatic rings. The van der Waals surface area contributed by atoms with Gasteiger partial charge in [-0.2, -0.15) is 13.2 Å². The van der Waals surface area contributed by atoms with Crippen LogP contribution in [0.3, 0.4) is 0 Å². The maximum Gasteiger partial charge on any atom is 0.417 e. The molecule has 0 spiro atoms. The molecular weight excluding hydrogens is 359 g/mol. The molecule has 0 fully saturated rings. The number of hydrogen-bond acceptors (Lipinski definition) is 3. The summed E-state index contributed by atoms with van der Waals surface area (Å²) in [6.45, 7) is 0.0929. The molecule has 0 radical (unpaired) electrons. The average molecular weight is 373 g/mol. The number of carbonyl (C=O) groups excluding carboxylic acids is 1. The summed E-state index contributed by atoms with van der Waals surface area (Å²) in [5, 5.41) is 2.50. The summed E-state index contributed by atoms with van der Waals surface area (Å²) in [5.41, 5.74) is -0.179. The van der Waals surface area contributed by atoms with Gasteiger partial charge in [0.25, 0.3) is 0 Å². The molecule has 0 bridgehead atoms. The first-order valence-electron chi connectivity index (χ1n) is 7.94. The van der Waals surface area contributed by atoms with Gasteiger partial charge in [-0.25, -0.2) is 0 Å². The summed E-state index contributed by atoms with van der Waals surface area (Å²) in [7, 11) is 0. The SMILES string of the molecule is O=C(/C=C/c1ccc2c(c1)OCO2)NCC#Cc1ccccc1C(F)(F)F. The van der Waals surface area contributed by atoms with Gasteiger partial charge in [0, 0.05) is 11.6 Å². The predicted molar refractivity (Wildman–Crippen MR) is 92.9 cm³/mol. The third-order valence-corrected chi connectivity index (χ3v) is 3.63. The minimum Gasteiger partial charge on any atom is -0.454 e. The van der Waals surface area contributed by atoms with Crippen LogP contribution >= 0.6 is 0 Å². The van der Waals surface area contributed by atoms with Crippen molar-refractivity contribution in [2.75, 3.05) is 13.3 Å². The van der Waals surface area contributed by atoms with Crippen LogP contribution in [-0.2, 0) is 11.0 Å². The maximum absolute atomic E-state index is 12.9. The topological polar surface area (TPSA) is 47.6 Å². The van der Waals surface area contributed by atoms with Crippen molar-refractivity contribution in [2.24, 2.45) is 0 Å². The van der Waals surface area contributed by atoms with Gasteiger partial charge in [-0.15, -0.1) is 0 Å². The van der Waals surface area contributed by atoms with Gasteiger partial charge in [0.15, 0.2) is 11.5 Å². The molecule has 1 heterocycles. The van der Waals surface area contributed by atoms with E-state index in [0.29, 0.717) is 11.5 Å². The zero-order valence-corrected chi connectivity index (χ0v) is 14.0. The fourth-order valence-corrected chi connectivity index (χ4v) is 2.36. The van der Waals surface area contributed by atoms with Crippen molar-refractivity contribution >= 4 is 12.0 Å². The summed E-state index contributed by atoms with van der Waals surface area (Å²) < 4.78 is 49.0. The lowest BCUT2D eigenvalue weighted by Crippen LogP contribution is -2.21. The number of amides is 1. The molecule has 0 saturated heterocycles.